The SMILES string of the molecule is O=C(O)Oc1ccc2c(=O)cc(-c3ccccc3)oc2c1OC(=O)O. The van der Waals surface area contributed by atoms with Crippen LogP contribution in [0.15, 0.2) is 57.7 Å². The summed E-state index contributed by atoms with van der Waals surface area (Å²) in [4.78, 5) is 34.1. The Balaban J connectivity index is 2.30. The van der Waals surface area contributed by atoms with Crippen molar-refractivity contribution in [2.75, 3.05) is 0 Å². The second kappa shape index (κ2) is 6.36. The predicted molar refractivity (Wildman–Crippen MR) is 85.2 cm³/mol. The van der Waals surface area contributed by atoms with Gasteiger partial charge in [0.15, 0.2) is 16.8 Å². The fourth-order valence-electron chi connectivity index (χ4n) is 2.28. The average Bonchev–Trinajstić information content (AvgIpc) is 2.57. The van der Waals surface area contributed by atoms with E-state index in [1.165, 1.54) is 12.1 Å². The molecule has 2 N–H and O–H groups in total. The van der Waals surface area contributed by atoms with Gasteiger partial charge in [0.25, 0.3) is 0 Å². The molecule has 2 aromatic carbocycles. The second-order valence-electron chi connectivity index (χ2n) is 4.85. The van der Waals surface area contributed by atoms with E-state index in [-0.39, 0.29) is 16.7 Å². The third-order valence-electron chi connectivity index (χ3n) is 3.26. The molecular formula is C17H10O8. The standard InChI is InChI=1S/C17H10O8/c18-11-8-13(9-4-2-1-3-5-9)23-14-10(11)6-7-12(24-16(19)20)15(14)25-17(21)22/h1-8H,(H,19,20)(H,21,22). The first-order valence-electron chi connectivity index (χ1n) is 6.93. The summed E-state index contributed by atoms with van der Waals surface area (Å²) >= 11 is 0. The number of hydrogen-bond acceptors (Lipinski definition) is 6. The molecule has 25 heavy (non-hydrogen) atoms. The van der Waals surface area contributed by atoms with Crippen LogP contribution in [0.3, 0.4) is 0 Å². The third-order valence-corrected chi connectivity index (χ3v) is 3.26. The van der Waals surface area contributed by atoms with Gasteiger partial charge in [0.1, 0.15) is 5.76 Å². The minimum absolute atomic E-state index is 0.0219. The molecule has 8 heteroatoms. The molecule has 0 aliphatic carbocycles. The van der Waals surface area contributed by atoms with E-state index >= 15 is 0 Å². The van der Waals surface area contributed by atoms with Crippen LogP contribution in [0.4, 0.5) is 9.59 Å². The van der Waals surface area contributed by atoms with Gasteiger partial charge in [-0.05, 0) is 12.1 Å². The average molecular weight is 342 g/mol. The Morgan fingerprint density at radius 1 is 0.920 bits per heavy atom. The molecule has 0 fully saturated rings. The molecule has 0 radical (unpaired) electrons. The highest BCUT2D eigenvalue weighted by atomic mass is 16.7. The topological polar surface area (TPSA) is 123 Å². The molecule has 0 aliphatic heterocycles. The van der Waals surface area contributed by atoms with Gasteiger partial charge in [-0.15, -0.1) is 0 Å². The molecular weight excluding hydrogens is 332 g/mol. The number of fused-ring (bicyclic) bond motifs is 1. The minimum atomic E-state index is -1.71. The predicted octanol–water partition coefficient (Wildman–Crippen LogP) is 3.57. The zero-order valence-corrected chi connectivity index (χ0v) is 12.5. The lowest BCUT2D eigenvalue weighted by Gasteiger charge is -2.10. The number of benzene rings is 2. The summed E-state index contributed by atoms with van der Waals surface area (Å²) in [6, 6.07) is 12.3. The third kappa shape index (κ3) is 3.27. The fourth-order valence-corrected chi connectivity index (χ4v) is 2.28. The second-order valence-corrected chi connectivity index (χ2v) is 4.85. The molecule has 3 rings (SSSR count). The quantitative estimate of drug-likeness (QED) is 0.547. The van der Waals surface area contributed by atoms with E-state index in [0.29, 0.717) is 5.56 Å². The van der Waals surface area contributed by atoms with Crippen molar-refractivity contribution in [1.29, 1.82) is 0 Å². The van der Waals surface area contributed by atoms with Gasteiger partial charge in [-0.2, -0.15) is 0 Å². The highest BCUT2D eigenvalue weighted by Gasteiger charge is 2.20. The summed E-state index contributed by atoms with van der Waals surface area (Å²) in [6.45, 7) is 0. The maximum absolute atomic E-state index is 12.3. The Labute approximate surface area is 139 Å². The molecule has 0 bridgehead atoms. The van der Waals surface area contributed by atoms with Crippen LogP contribution >= 0.6 is 0 Å². The van der Waals surface area contributed by atoms with E-state index in [1.54, 1.807) is 30.3 Å². The van der Waals surface area contributed by atoms with Crippen molar-refractivity contribution in [3.05, 3.63) is 58.8 Å². The maximum atomic E-state index is 12.3. The van der Waals surface area contributed by atoms with Crippen LogP contribution < -0.4 is 14.9 Å². The van der Waals surface area contributed by atoms with Crippen molar-refractivity contribution in [2.45, 2.75) is 0 Å². The Morgan fingerprint density at radius 3 is 2.24 bits per heavy atom. The Bertz CT molecular complexity index is 1020. The number of carbonyl (C=O) groups is 2. The Kier molecular flexibility index (Phi) is 4.09. The summed E-state index contributed by atoms with van der Waals surface area (Å²) < 4.78 is 14.7. The lowest BCUT2D eigenvalue weighted by molar-refractivity contribution is 0.133. The highest BCUT2D eigenvalue weighted by molar-refractivity contribution is 5.89. The zero-order chi connectivity index (χ0) is 18.0. The largest absolute Gasteiger partial charge is 0.511 e. The fraction of sp³-hybridized carbons (Fsp3) is 0. The van der Waals surface area contributed by atoms with E-state index < -0.39 is 29.2 Å². The Morgan fingerprint density at radius 2 is 1.60 bits per heavy atom. The molecule has 3 aromatic rings. The molecule has 0 atom stereocenters. The van der Waals surface area contributed by atoms with Crippen molar-refractivity contribution in [1.82, 2.24) is 0 Å². The van der Waals surface area contributed by atoms with Crippen LogP contribution in [0, 0.1) is 0 Å². The van der Waals surface area contributed by atoms with E-state index in [4.69, 9.17) is 14.6 Å². The number of hydrogen-bond donors (Lipinski definition) is 2. The summed E-state index contributed by atoms with van der Waals surface area (Å²) in [5, 5.41) is 17.7. The maximum Gasteiger partial charge on any atom is 0.511 e. The molecule has 0 amide bonds. The van der Waals surface area contributed by atoms with Gasteiger partial charge < -0.3 is 24.1 Å². The first kappa shape index (κ1) is 16.1. The van der Waals surface area contributed by atoms with E-state index in [1.807, 2.05) is 0 Å². The van der Waals surface area contributed by atoms with Gasteiger partial charge in [-0.1, -0.05) is 30.3 Å². The number of carboxylic acid groups (broad SMARTS) is 2. The van der Waals surface area contributed by atoms with Gasteiger partial charge in [-0.3, -0.25) is 4.79 Å². The molecule has 1 heterocycles. The van der Waals surface area contributed by atoms with Gasteiger partial charge in [0.05, 0.1) is 5.39 Å². The normalized spacial score (nSPS) is 10.4. The van der Waals surface area contributed by atoms with E-state index in [2.05, 4.69) is 9.47 Å². The van der Waals surface area contributed by atoms with Crippen LogP contribution in [0.5, 0.6) is 11.5 Å². The van der Waals surface area contributed by atoms with Crippen LogP contribution in [-0.2, 0) is 0 Å². The molecule has 126 valence electrons. The first-order chi connectivity index (χ1) is 12.0. The number of rotatable bonds is 3. The molecule has 0 saturated heterocycles. The van der Waals surface area contributed by atoms with E-state index in [9.17, 15) is 14.4 Å². The van der Waals surface area contributed by atoms with Gasteiger partial charge in [0.2, 0.25) is 5.75 Å². The van der Waals surface area contributed by atoms with Crippen LogP contribution in [0.2, 0.25) is 0 Å². The van der Waals surface area contributed by atoms with Crippen molar-refractivity contribution >= 4 is 23.3 Å². The molecule has 8 nitrogen and oxygen atoms in total. The molecule has 0 spiro atoms. The zero-order valence-electron chi connectivity index (χ0n) is 12.5. The molecule has 1 aromatic heterocycles. The summed E-state index contributed by atoms with van der Waals surface area (Å²) in [5.41, 5.74) is -0.1000. The van der Waals surface area contributed by atoms with Gasteiger partial charge in [-0.25, -0.2) is 9.59 Å². The molecule has 0 unspecified atom stereocenters. The summed E-state index contributed by atoms with van der Waals surface area (Å²) in [7, 11) is 0. The van der Waals surface area contributed by atoms with Crippen molar-refractivity contribution in [3.8, 4) is 22.8 Å². The molecule has 0 aliphatic rings. The van der Waals surface area contributed by atoms with Crippen molar-refractivity contribution < 1.29 is 33.7 Å². The first-order valence-corrected chi connectivity index (χ1v) is 6.93. The summed E-state index contributed by atoms with van der Waals surface area (Å²) in [5.74, 6) is -0.751. The smallest absolute Gasteiger partial charge is 0.452 e. The van der Waals surface area contributed by atoms with Crippen molar-refractivity contribution in [2.24, 2.45) is 0 Å². The van der Waals surface area contributed by atoms with Crippen LogP contribution in [-0.4, -0.2) is 22.5 Å². The highest BCUT2D eigenvalue weighted by Crippen LogP contribution is 2.36. The van der Waals surface area contributed by atoms with Crippen molar-refractivity contribution in [3.63, 3.8) is 0 Å². The van der Waals surface area contributed by atoms with E-state index in [0.717, 1.165) is 6.07 Å². The lowest BCUT2D eigenvalue weighted by atomic mass is 10.1. The lowest BCUT2D eigenvalue weighted by Crippen LogP contribution is -2.10. The minimum Gasteiger partial charge on any atom is -0.452 e. The van der Waals surface area contributed by atoms with Crippen LogP contribution in [0.25, 0.3) is 22.3 Å². The number of ether oxygens (including phenoxy) is 2. The van der Waals surface area contributed by atoms with Gasteiger partial charge >= 0.3 is 12.3 Å². The van der Waals surface area contributed by atoms with Crippen LogP contribution in [0.1, 0.15) is 0 Å². The molecule has 0 saturated carbocycles. The Hall–Kier alpha value is -3.81. The monoisotopic (exact) mass is 342 g/mol. The van der Waals surface area contributed by atoms with Gasteiger partial charge in [0, 0.05) is 11.6 Å². The summed E-state index contributed by atoms with van der Waals surface area (Å²) in [6.07, 6.45) is -3.38.